The summed E-state index contributed by atoms with van der Waals surface area (Å²) in [5.41, 5.74) is -0.277. The average molecular weight is 262 g/mol. The third-order valence-corrected chi connectivity index (χ3v) is 3.42. The fraction of sp³-hybridized carbons (Fsp3) is 0.385. The monoisotopic (exact) mass is 262 g/mol. The predicted molar refractivity (Wildman–Crippen MR) is 69.9 cm³/mol. The molecule has 1 unspecified atom stereocenters. The lowest BCUT2D eigenvalue weighted by Gasteiger charge is -2.12. The maximum Gasteiger partial charge on any atom is 0.329 e. The largest absolute Gasteiger partial charge is 0.495 e. The second-order valence-corrected chi connectivity index (χ2v) is 4.51. The maximum absolute atomic E-state index is 12.4. The molecule has 1 saturated heterocycles. The molecule has 1 aromatic heterocycles. The summed E-state index contributed by atoms with van der Waals surface area (Å²) in [7, 11) is 1.50. The molecule has 0 saturated carbocycles. The van der Waals surface area contributed by atoms with Crippen LogP contribution in [0.1, 0.15) is 12.5 Å². The van der Waals surface area contributed by atoms with Crippen LogP contribution in [0.25, 0.3) is 10.9 Å². The maximum atomic E-state index is 12.4. The fourth-order valence-electron chi connectivity index (χ4n) is 2.45. The Morgan fingerprint density at radius 1 is 1.42 bits per heavy atom. The highest BCUT2D eigenvalue weighted by Gasteiger charge is 2.22. The van der Waals surface area contributed by atoms with Crippen LogP contribution < -0.4 is 16.0 Å². The zero-order valence-electron chi connectivity index (χ0n) is 10.5. The molecule has 3 rings (SSSR count). The van der Waals surface area contributed by atoms with Crippen LogP contribution in [-0.2, 0) is 4.74 Å². The van der Waals surface area contributed by atoms with Crippen LogP contribution in [0.15, 0.2) is 27.8 Å². The number of rotatable bonds is 2. The summed E-state index contributed by atoms with van der Waals surface area (Å²) in [6, 6.07) is 4.94. The van der Waals surface area contributed by atoms with Gasteiger partial charge in [-0.25, -0.2) is 4.79 Å². The highest BCUT2D eigenvalue weighted by atomic mass is 16.5. The first-order chi connectivity index (χ1) is 9.22. The lowest BCUT2D eigenvalue weighted by atomic mass is 10.2. The Labute approximate surface area is 108 Å². The molecular weight excluding hydrogens is 248 g/mol. The van der Waals surface area contributed by atoms with Gasteiger partial charge < -0.3 is 14.5 Å². The topological polar surface area (TPSA) is 73.3 Å². The van der Waals surface area contributed by atoms with E-state index in [9.17, 15) is 9.59 Å². The number of hydrogen-bond acceptors (Lipinski definition) is 4. The van der Waals surface area contributed by atoms with E-state index in [0.29, 0.717) is 36.3 Å². The fourth-order valence-corrected chi connectivity index (χ4v) is 2.45. The van der Waals surface area contributed by atoms with Crippen molar-refractivity contribution in [3.05, 3.63) is 39.0 Å². The Bertz CT molecular complexity index is 725. The van der Waals surface area contributed by atoms with Crippen molar-refractivity contribution in [3.8, 4) is 5.75 Å². The SMILES string of the molecule is COc1cccc2c(=O)n(C3CCOC3)c(=O)[nH]c12. The quantitative estimate of drug-likeness (QED) is 0.862. The second-order valence-electron chi connectivity index (χ2n) is 4.51. The molecule has 19 heavy (non-hydrogen) atoms. The van der Waals surface area contributed by atoms with Gasteiger partial charge in [-0.15, -0.1) is 0 Å². The van der Waals surface area contributed by atoms with Gasteiger partial charge in [0.1, 0.15) is 5.75 Å². The number of nitrogens with one attached hydrogen (secondary N) is 1. The molecular formula is C13H14N2O4. The third-order valence-electron chi connectivity index (χ3n) is 3.42. The van der Waals surface area contributed by atoms with Crippen LogP contribution in [-0.4, -0.2) is 29.9 Å². The summed E-state index contributed by atoms with van der Waals surface area (Å²) in [6.07, 6.45) is 0.679. The van der Waals surface area contributed by atoms with Crippen molar-refractivity contribution in [1.82, 2.24) is 9.55 Å². The lowest BCUT2D eigenvalue weighted by molar-refractivity contribution is 0.185. The molecule has 0 amide bonds. The summed E-state index contributed by atoms with van der Waals surface area (Å²) in [4.78, 5) is 27.3. The number of aromatic nitrogens is 2. The summed E-state index contributed by atoms with van der Waals surface area (Å²) >= 11 is 0. The van der Waals surface area contributed by atoms with E-state index >= 15 is 0 Å². The van der Waals surface area contributed by atoms with Crippen LogP contribution in [0.3, 0.4) is 0 Å². The zero-order valence-corrected chi connectivity index (χ0v) is 10.5. The van der Waals surface area contributed by atoms with E-state index in [2.05, 4.69) is 4.98 Å². The molecule has 0 spiro atoms. The Kier molecular flexibility index (Phi) is 2.87. The van der Waals surface area contributed by atoms with Crippen molar-refractivity contribution in [2.24, 2.45) is 0 Å². The summed E-state index contributed by atoms with van der Waals surface area (Å²) in [5, 5.41) is 0.450. The van der Waals surface area contributed by atoms with Crippen LogP contribution in [0, 0.1) is 0 Å². The van der Waals surface area contributed by atoms with Gasteiger partial charge in [0.15, 0.2) is 0 Å². The minimum Gasteiger partial charge on any atom is -0.495 e. The van der Waals surface area contributed by atoms with E-state index < -0.39 is 5.69 Å². The van der Waals surface area contributed by atoms with Gasteiger partial charge in [-0.05, 0) is 18.6 Å². The molecule has 0 radical (unpaired) electrons. The number of benzene rings is 1. The minimum atomic E-state index is -0.419. The molecule has 2 aromatic rings. The Balaban J connectivity index is 2.31. The molecule has 2 heterocycles. The molecule has 1 aromatic carbocycles. The highest BCUT2D eigenvalue weighted by Crippen LogP contribution is 2.21. The Hall–Kier alpha value is -2.08. The predicted octanol–water partition coefficient (Wildman–Crippen LogP) is 0.660. The molecule has 6 nitrogen and oxygen atoms in total. The van der Waals surface area contributed by atoms with E-state index in [0.717, 1.165) is 0 Å². The molecule has 100 valence electrons. The molecule has 1 aliphatic heterocycles. The number of para-hydroxylation sites is 1. The number of methoxy groups -OCH3 is 1. The van der Waals surface area contributed by atoms with Crippen molar-refractivity contribution in [1.29, 1.82) is 0 Å². The average Bonchev–Trinajstić information content (AvgIpc) is 2.92. The highest BCUT2D eigenvalue weighted by molar-refractivity contribution is 5.83. The van der Waals surface area contributed by atoms with Crippen molar-refractivity contribution >= 4 is 10.9 Å². The number of nitrogens with zero attached hydrogens (tertiary/aromatic N) is 1. The van der Waals surface area contributed by atoms with Crippen LogP contribution in [0.4, 0.5) is 0 Å². The Morgan fingerprint density at radius 3 is 2.95 bits per heavy atom. The summed E-state index contributed by atoms with van der Waals surface area (Å²) < 4.78 is 11.6. The normalized spacial score (nSPS) is 18.9. The van der Waals surface area contributed by atoms with Gasteiger partial charge in [0.25, 0.3) is 5.56 Å². The first kappa shape index (κ1) is 12.0. The minimum absolute atomic E-state index is 0.188. The molecule has 1 N–H and O–H groups in total. The van der Waals surface area contributed by atoms with Gasteiger partial charge in [-0.1, -0.05) is 6.07 Å². The first-order valence-electron chi connectivity index (χ1n) is 6.11. The molecule has 0 aliphatic carbocycles. The van der Waals surface area contributed by atoms with E-state index in [1.165, 1.54) is 11.7 Å². The molecule has 1 fully saturated rings. The van der Waals surface area contributed by atoms with E-state index in [-0.39, 0.29) is 11.6 Å². The van der Waals surface area contributed by atoms with Crippen molar-refractivity contribution in [3.63, 3.8) is 0 Å². The van der Waals surface area contributed by atoms with Gasteiger partial charge in [-0.2, -0.15) is 0 Å². The van der Waals surface area contributed by atoms with E-state index in [1.54, 1.807) is 18.2 Å². The Morgan fingerprint density at radius 2 is 2.26 bits per heavy atom. The van der Waals surface area contributed by atoms with E-state index in [1.807, 2.05) is 0 Å². The van der Waals surface area contributed by atoms with Gasteiger partial charge in [0, 0.05) is 6.61 Å². The summed E-state index contributed by atoms with van der Waals surface area (Å²) in [5.74, 6) is 0.488. The molecule has 1 aliphatic rings. The van der Waals surface area contributed by atoms with Crippen LogP contribution in [0.2, 0.25) is 0 Å². The molecule has 0 bridgehead atoms. The van der Waals surface area contributed by atoms with Gasteiger partial charge >= 0.3 is 5.69 Å². The molecule has 6 heteroatoms. The number of hydrogen-bond donors (Lipinski definition) is 1. The van der Waals surface area contributed by atoms with E-state index in [4.69, 9.17) is 9.47 Å². The van der Waals surface area contributed by atoms with Crippen molar-refractivity contribution in [2.75, 3.05) is 20.3 Å². The molecule has 1 atom stereocenters. The van der Waals surface area contributed by atoms with Crippen LogP contribution in [0.5, 0.6) is 5.75 Å². The van der Waals surface area contributed by atoms with Crippen LogP contribution >= 0.6 is 0 Å². The number of fused-ring (bicyclic) bond motifs is 1. The number of aromatic amines is 1. The standard InChI is InChI=1S/C13H14N2O4/c1-18-10-4-2-3-9-11(10)14-13(17)15(12(9)16)8-5-6-19-7-8/h2-4,8H,5-7H2,1H3,(H,14,17). The second kappa shape index (κ2) is 4.55. The smallest absolute Gasteiger partial charge is 0.329 e. The lowest BCUT2D eigenvalue weighted by Crippen LogP contribution is -2.38. The zero-order chi connectivity index (χ0) is 13.4. The number of H-pyrrole nitrogens is 1. The van der Waals surface area contributed by atoms with Crippen molar-refractivity contribution < 1.29 is 9.47 Å². The number of ether oxygens (including phenoxy) is 2. The van der Waals surface area contributed by atoms with Crippen molar-refractivity contribution in [2.45, 2.75) is 12.5 Å². The summed E-state index contributed by atoms with van der Waals surface area (Å²) in [6.45, 7) is 0.977. The van der Waals surface area contributed by atoms with Gasteiger partial charge in [0.2, 0.25) is 0 Å². The van der Waals surface area contributed by atoms with Gasteiger partial charge in [0.05, 0.1) is 30.7 Å². The first-order valence-corrected chi connectivity index (χ1v) is 6.11. The third kappa shape index (κ3) is 1.84. The van der Waals surface area contributed by atoms with Gasteiger partial charge in [-0.3, -0.25) is 9.36 Å².